The quantitative estimate of drug-likeness (QED) is 0.753. The number of hydrogen-bond donors (Lipinski definition) is 1. The number of benzene rings is 1. The summed E-state index contributed by atoms with van der Waals surface area (Å²) in [7, 11) is 1.63. The lowest BCUT2D eigenvalue weighted by Gasteiger charge is -2.08. The summed E-state index contributed by atoms with van der Waals surface area (Å²) in [6.45, 7) is 4.84. The van der Waals surface area contributed by atoms with Crippen LogP contribution in [0.3, 0.4) is 0 Å². The summed E-state index contributed by atoms with van der Waals surface area (Å²) in [6, 6.07) is 7.43. The molecule has 0 aliphatic rings. The number of rotatable bonds is 6. The number of methoxy groups -OCH3 is 1. The SMILES string of the molecule is CCn1cc(N[C@H](C)c2nc(-c3ccc(OC)cc3)no2)cn1. The molecule has 2 heterocycles. The predicted molar refractivity (Wildman–Crippen MR) is 86.2 cm³/mol. The fraction of sp³-hybridized carbons (Fsp3) is 0.312. The minimum absolute atomic E-state index is 0.107. The lowest BCUT2D eigenvalue weighted by molar-refractivity contribution is 0.368. The van der Waals surface area contributed by atoms with Gasteiger partial charge in [0.2, 0.25) is 11.7 Å². The fourth-order valence-corrected chi connectivity index (χ4v) is 2.19. The Bertz CT molecular complexity index is 763. The Kier molecular flexibility index (Phi) is 4.27. The molecule has 0 saturated heterocycles. The first-order valence-electron chi connectivity index (χ1n) is 7.46. The molecule has 7 nitrogen and oxygen atoms in total. The van der Waals surface area contributed by atoms with Crippen molar-refractivity contribution in [2.75, 3.05) is 12.4 Å². The smallest absolute Gasteiger partial charge is 0.249 e. The lowest BCUT2D eigenvalue weighted by atomic mass is 10.2. The molecule has 0 bridgehead atoms. The van der Waals surface area contributed by atoms with Gasteiger partial charge in [-0.3, -0.25) is 4.68 Å². The predicted octanol–water partition coefficient (Wildman–Crippen LogP) is 3.13. The van der Waals surface area contributed by atoms with Crippen LogP contribution in [0.5, 0.6) is 5.75 Å². The Morgan fingerprint density at radius 1 is 1.30 bits per heavy atom. The van der Waals surface area contributed by atoms with E-state index in [0.29, 0.717) is 11.7 Å². The van der Waals surface area contributed by atoms with Crippen LogP contribution in [-0.4, -0.2) is 27.0 Å². The van der Waals surface area contributed by atoms with Gasteiger partial charge in [-0.1, -0.05) is 5.16 Å². The Hall–Kier alpha value is -2.83. The van der Waals surface area contributed by atoms with Gasteiger partial charge < -0.3 is 14.6 Å². The van der Waals surface area contributed by atoms with E-state index >= 15 is 0 Å². The number of nitrogens with one attached hydrogen (secondary N) is 1. The molecule has 0 spiro atoms. The van der Waals surface area contributed by atoms with Crippen molar-refractivity contribution in [3.8, 4) is 17.1 Å². The highest BCUT2D eigenvalue weighted by atomic mass is 16.5. The Balaban J connectivity index is 1.72. The second-order valence-corrected chi connectivity index (χ2v) is 5.14. The molecule has 23 heavy (non-hydrogen) atoms. The van der Waals surface area contributed by atoms with Gasteiger partial charge in [0.25, 0.3) is 0 Å². The molecule has 7 heteroatoms. The molecular formula is C16H19N5O2. The standard InChI is InChI=1S/C16H19N5O2/c1-4-21-10-13(9-17-21)18-11(2)16-19-15(20-23-16)12-5-7-14(22-3)8-6-12/h5-11,18H,4H2,1-3H3/t11-/m1/s1. The van der Waals surface area contributed by atoms with Gasteiger partial charge in [0.1, 0.15) is 11.8 Å². The van der Waals surface area contributed by atoms with Crippen LogP contribution in [0.15, 0.2) is 41.2 Å². The minimum Gasteiger partial charge on any atom is -0.497 e. The maximum Gasteiger partial charge on any atom is 0.249 e. The molecule has 3 rings (SSSR count). The van der Waals surface area contributed by atoms with Gasteiger partial charge in [0.15, 0.2) is 0 Å². The molecule has 0 unspecified atom stereocenters. The number of aryl methyl sites for hydroxylation is 1. The van der Waals surface area contributed by atoms with Gasteiger partial charge >= 0.3 is 0 Å². The summed E-state index contributed by atoms with van der Waals surface area (Å²) in [5.74, 6) is 1.88. The summed E-state index contributed by atoms with van der Waals surface area (Å²) in [4.78, 5) is 4.45. The second-order valence-electron chi connectivity index (χ2n) is 5.14. The molecule has 0 radical (unpaired) electrons. The largest absolute Gasteiger partial charge is 0.497 e. The molecule has 0 fully saturated rings. The maximum atomic E-state index is 5.36. The van der Waals surface area contributed by atoms with E-state index in [-0.39, 0.29) is 6.04 Å². The number of ether oxygens (including phenoxy) is 1. The van der Waals surface area contributed by atoms with Crippen LogP contribution in [-0.2, 0) is 6.54 Å². The van der Waals surface area contributed by atoms with Crippen molar-refractivity contribution >= 4 is 5.69 Å². The molecule has 0 aliphatic heterocycles. The second kappa shape index (κ2) is 6.51. The lowest BCUT2D eigenvalue weighted by Crippen LogP contribution is -2.06. The van der Waals surface area contributed by atoms with Crippen molar-refractivity contribution in [3.63, 3.8) is 0 Å². The van der Waals surface area contributed by atoms with E-state index < -0.39 is 0 Å². The van der Waals surface area contributed by atoms with Crippen molar-refractivity contribution in [2.24, 2.45) is 0 Å². The minimum atomic E-state index is -0.107. The molecular weight excluding hydrogens is 294 g/mol. The third kappa shape index (κ3) is 3.33. The monoisotopic (exact) mass is 313 g/mol. The van der Waals surface area contributed by atoms with Crippen molar-refractivity contribution in [2.45, 2.75) is 26.4 Å². The highest BCUT2D eigenvalue weighted by molar-refractivity contribution is 5.55. The van der Waals surface area contributed by atoms with Gasteiger partial charge in [-0.05, 0) is 38.1 Å². The molecule has 3 aromatic rings. The maximum absolute atomic E-state index is 5.36. The topological polar surface area (TPSA) is 78.0 Å². The van der Waals surface area contributed by atoms with Crippen LogP contribution in [0, 0.1) is 0 Å². The Morgan fingerprint density at radius 3 is 2.74 bits per heavy atom. The van der Waals surface area contributed by atoms with Crippen LogP contribution < -0.4 is 10.1 Å². The van der Waals surface area contributed by atoms with E-state index in [1.807, 2.05) is 49.0 Å². The zero-order valence-electron chi connectivity index (χ0n) is 13.4. The summed E-state index contributed by atoms with van der Waals surface area (Å²) in [5, 5.41) is 11.6. The number of aromatic nitrogens is 4. The third-order valence-electron chi connectivity index (χ3n) is 3.50. The first-order valence-corrected chi connectivity index (χ1v) is 7.46. The molecule has 1 N–H and O–H groups in total. The zero-order valence-corrected chi connectivity index (χ0v) is 13.4. The van der Waals surface area contributed by atoms with Crippen molar-refractivity contribution in [1.82, 2.24) is 19.9 Å². The average Bonchev–Trinajstić information content (AvgIpc) is 3.24. The molecule has 0 saturated carbocycles. The van der Waals surface area contributed by atoms with Crippen LogP contribution in [0.25, 0.3) is 11.4 Å². The van der Waals surface area contributed by atoms with E-state index in [0.717, 1.165) is 23.5 Å². The van der Waals surface area contributed by atoms with Gasteiger partial charge in [-0.15, -0.1) is 0 Å². The van der Waals surface area contributed by atoms with E-state index in [1.165, 1.54) is 0 Å². The average molecular weight is 313 g/mol. The van der Waals surface area contributed by atoms with Gasteiger partial charge in [0.05, 0.1) is 19.0 Å². The van der Waals surface area contributed by atoms with Crippen molar-refractivity contribution in [3.05, 3.63) is 42.5 Å². The summed E-state index contributed by atoms with van der Waals surface area (Å²) >= 11 is 0. The van der Waals surface area contributed by atoms with Crippen molar-refractivity contribution < 1.29 is 9.26 Å². The van der Waals surface area contributed by atoms with E-state index in [1.54, 1.807) is 13.3 Å². The highest BCUT2D eigenvalue weighted by Gasteiger charge is 2.15. The van der Waals surface area contributed by atoms with Crippen LogP contribution in [0.1, 0.15) is 25.8 Å². The normalized spacial score (nSPS) is 12.1. The first kappa shape index (κ1) is 15.1. The van der Waals surface area contributed by atoms with Crippen molar-refractivity contribution in [1.29, 1.82) is 0 Å². The fourth-order valence-electron chi connectivity index (χ4n) is 2.19. The summed E-state index contributed by atoms with van der Waals surface area (Å²) in [6.07, 6.45) is 3.72. The van der Waals surface area contributed by atoms with E-state index in [9.17, 15) is 0 Å². The summed E-state index contributed by atoms with van der Waals surface area (Å²) in [5.41, 5.74) is 1.80. The number of hydrogen-bond acceptors (Lipinski definition) is 6. The van der Waals surface area contributed by atoms with Gasteiger partial charge in [-0.25, -0.2) is 0 Å². The van der Waals surface area contributed by atoms with E-state index in [4.69, 9.17) is 9.26 Å². The zero-order chi connectivity index (χ0) is 16.2. The molecule has 2 aromatic heterocycles. The number of anilines is 1. The Labute approximate surface area is 134 Å². The van der Waals surface area contributed by atoms with Crippen LogP contribution in [0.2, 0.25) is 0 Å². The third-order valence-corrected chi connectivity index (χ3v) is 3.50. The number of nitrogens with zero attached hydrogens (tertiary/aromatic N) is 4. The highest BCUT2D eigenvalue weighted by Crippen LogP contribution is 2.23. The Morgan fingerprint density at radius 2 is 2.09 bits per heavy atom. The molecule has 0 aliphatic carbocycles. The summed E-state index contributed by atoms with van der Waals surface area (Å²) < 4.78 is 12.4. The van der Waals surface area contributed by atoms with Crippen LogP contribution in [0.4, 0.5) is 5.69 Å². The van der Waals surface area contributed by atoms with Gasteiger partial charge in [-0.2, -0.15) is 10.1 Å². The first-order chi connectivity index (χ1) is 11.2. The van der Waals surface area contributed by atoms with Gasteiger partial charge in [0, 0.05) is 18.3 Å². The van der Waals surface area contributed by atoms with Crippen LogP contribution >= 0.6 is 0 Å². The molecule has 120 valence electrons. The molecule has 0 amide bonds. The molecule has 1 atom stereocenters. The van der Waals surface area contributed by atoms with E-state index in [2.05, 4.69) is 20.6 Å². The molecule has 1 aromatic carbocycles.